The summed E-state index contributed by atoms with van der Waals surface area (Å²) in [6, 6.07) is 33.9. The van der Waals surface area contributed by atoms with Crippen molar-refractivity contribution in [1.29, 1.82) is 0 Å². The Morgan fingerprint density at radius 2 is 1.49 bits per heavy atom. The second kappa shape index (κ2) is 14.0. The summed E-state index contributed by atoms with van der Waals surface area (Å²) < 4.78 is 60.8. The van der Waals surface area contributed by atoms with Gasteiger partial charge in [0, 0.05) is 43.5 Å². The van der Waals surface area contributed by atoms with Gasteiger partial charge in [-0.15, -0.1) is 70.8 Å². The third kappa shape index (κ3) is 9.05. The van der Waals surface area contributed by atoms with E-state index in [1.54, 1.807) is 24.4 Å². The Morgan fingerprint density at radius 3 is 2.12 bits per heavy atom. The molecule has 0 aliphatic heterocycles. The van der Waals surface area contributed by atoms with Crippen LogP contribution >= 0.6 is 0 Å². The van der Waals surface area contributed by atoms with Gasteiger partial charge in [-0.1, -0.05) is 95.6 Å². The molecule has 0 saturated carbocycles. The van der Waals surface area contributed by atoms with Crippen LogP contribution in [0, 0.1) is 31.3 Å². The summed E-state index contributed by atoms with van der Waals surface area (Å²) in [5.41, 5.74) is 5.59. The Hall–Kier alpha value is -3.39. The van der Waals surface area contributed by atoms with Crippen LogP contribution in [0.15, 0.2) is 103 Å². The van der Waals surface area contributed by atoms with E-state index in [-0.39, 0.29) is 36.6 Å². The van der Waals surface area contributed by atoms with Crippen molar-refractivity contribution in [2.24, 2.45) is 5.41 Å². The molecular formula is C38H40IrN2-2. The van der Waals surface area contributed by atoms with Gasteiger partial charge in [0.1, 0.15) is 0 Å². The van der Waals surface area contributed by atoms with E-state index in [1.165, 1.54) is 35.5 Å². The molecule has 2 heterocycles. The molecule has 0 fully saturated rings. The predicted molar refractivity (Wildman–Crippen MR) is 168 cm³/mol. The van der Waals surface area contributed by atoms with Crippen molar-refractivity contribution in [1.82, 2.24) is 9.97 Å². The summed E-state index contributed by atoms with van der Waals surface area (Å²) in [6.45, 7) is 5.84. The first-order valence-electron chi connectivity index (χ1n) is 17.2. The van der Waals surface area contributed by atoms with Gasteiger partial charge in [0.05, 0.1) is 0 Å². The molecule has 5 rings (SSSR count). The summed E-state index contributed by atoms with van der Waals surface area (Å²) in [4.78, 5) is 8.58. The molecule has 0 bridgehead atoms. The van der Waals surface area contributed by atoms with Gasteiger partial charge in [0.15, 0.2) is 0 Å². The largest absolute Gasteiger partial charge is 0.305 e. The zero-order valence-corrected chi connectivity index (χ0v) is 26.4. The molecule has 41 heavy (non-hydrogen) atoms. The molecule has 0 unspecified atom stereocenters. The molecule has 0 N–H and O–H groups in total. The van der Waals surface area contributed by atoms with E-state index < -0.39 is 25.5 Å². The first kappa shape index (κ1) is 22.2. The molecule has 213 valence electrons. The summed E-state index contributed by atoms with van der Waals surface area (Å²) in [7, 11) is 0. The Bertz CT molecular complexity index is 1750. The van der Waals surface area contributed by atoms with Crippen LogP contribution in [0.1, 0.15) is 73.4 Å². The van der Waals surface area contributed by atoms with Crippen molar-refractivity contribution in [3.8, 4) is 22.5 Å². The number of nitrogens with zero attached hydrogens (tertiary/aromatic N) is 2. The van der Waals surface area contributed by atoms with E-state index in [1.807, 2.05) is 39.0 Å². The molecule has 3 aromatic carbocycles. The summed E-state index contributed by atoms with van der Waals surface area (Å²) in [5, 5.41) is 0. The fourth-order valence-electron chi connectivity index (χ4n) is 4.25. The van der Waals surface area contributed by atoms with Crippen LogP contribution in [0.2, 0.25) is 0 Å². The number of benzene rings is 3. The topological polar surface area (TPSA) is 25.8 Å². The van der Waals surface area contributed by atoms with Gasteiger partial charge in [-0.05, 0) is 52.6 Å². The number of hydrogen-bond acceptors (Lipinski definition) is 2. The van der Waals surface area contributed by atoms with Crippen molar-refractivity contribution >= 4 is 0 Å². The molecule has 0 amide bonds. The Labute approximate surface area is 271 Å². The third-order valence-electron chi connectivity index (χ3n) is 6.43. The first-order chi connectivity index (χ1) is 22.2. The summed E-state index contributed by atoms with van der Waals surface area (Å²) in [6.07, 6.45) is 1.54. The zero-order chi connectivity index (χ0) is 35.5. The predicted octanol–water partition coefficient (Wildman–Crippen LogP) is 9.63. The fraction of sp³-hybridized carbons (Fsp3) is 0.263. The van der Waals surface area contributed by atoms with Crippen molar-refractivity contribution in [3.63, 3.8) is 0 Å². The normalized spacial score (nSPS) is 15.0. The average Bonchev–Trinajstić information content (AvgIpc) is 3.04. The third-order valence-corrected chi connectivity index (χ3v) is 6.43. The molecule has 0 aliphatic rings. The maximum atomic E-state index is 8.56. The second-order valence-electron chi connectivity index (χ2n) is 11.2. The van der Waals surface area contributed by atoms with Gasteiger partial charge < -0.3 is 9.97 Å². The molecule has 2 aromatic heterocycles. The van der Waals surface area contributed by atoms with Crippen LogP contribution in [-0.2, 0) is 31.9 Å². The molecule has 5 aromatic rings. The smallest absolute Gasteiger partial charge is 0.0321 e. The minimum Gasteiger partial charge on any atom is -0.305 e. The van der Waals surface area contributed by atoms with E-state index in [4.69, 9.17) is 11.0 Å². The zero-order valence-electron chi connectivity index (χ0n) is 32.0. The molecule has 2 nitrogen and oxygen atoms in total. The van der Waals surface area contributed by atoms with E-state index in [0.717, 1.165) is 11.3 Å². The minimum atomic E-state index is -2.18. The van der Waals surface area contributed by atoms with Crippen LogP contribution in [0.4, 0.5) is 0 Å². The van der Waals surface area contributed by atoms with E-state index >= 15 is 0 Å². The Balaban J connectivity index is 0.000000274. The van der Waals surface area contributed by atoms with Gasteiger partial charge in [-0.2, -0.15) is 0 Å². The molecule has 0 atom stereocenters. The van der Waals surface area contributed by atoms with Crippen LogP contribution < -0.4 is 0 Å². The summed E-state index contributed by atoms with van der Waals surface area (Å²) in [5.74, 6) is 0. The Kier molecular flexibility index (Phi) is 7.59. The van der Waals surface area contributed by atoms with Crippen molar-refractivity contribution in [3.05, 3.63) is 143 Å². The van der Waals surface area contributed by atoms with Crippen LogP contribution in [0.5, 0.6) is 0 Å². The maximum absolute atomic E-state index is 8.56. The summed E-state index contributed by atoms with van der Waals surface area (Å²) >= 11 is 0. The minimum absolute atomic E-state index is 0. The number of aryl methyl sites for hydroxylation is 2. The van der Waals surface area contributed by atoms with Gasteiger partial charge in [0.2, 0.25) is 0 Å². The first-order valence-corrected chi connectivity index (χ1v) is 13.2. The number of aromatic nitrogens is 2. The number of rotatable bonds is 5. The maximum Gasteiger partial charge on any atom is 0.0321 e. The number of hydrogen-bond donors (Lipinski definition) is 0. The van der Waals surface area contributed by atoms with Gasteiger partial charge in [-0.3, -0.25) is 0 Å². The number of pyridine rings is 2. The van der Waals surface area contributed by atoms with Gasteiger partial charge in [0.25, 0.3) is 0 Å². The quantitative estimate of drug-likeness (QED) is 0.169. The van der Waals surface area contributed by atoms with Crippen LogP contribution in [0.25, 0.3) is 22.5 Å². The second-order valence-corrected chi connectivity index (χ2v) is 11.2. The molecule has 3 heteroatoms. The van der Waals surface area contributed by atoms with E-state index in [0.29, 0.717) is 16.8 Å². The van der Waals surface area contributed by atoms with Crippen molar-refractivity contribution < 1.29 is 31.1 Å². The van der Waals surface area contributed by atoms with Gasteiger partial charge >= 0.3 is 0 Å². The average molecular weight is 725 g/mol. The van der Waals surface area contributed by atoms with Crippen LogP contribution in [0.3, 0.4) is 0 Å². The van der Waals surface area contributed by atoms with Crippen LogP contribution in [-0.4, -0.2) is 9.97 Å². The SMILES string of the molecule is [2H]C([2H])([2H])c1c[c-]c(-c2ccc(C([2H])([2H])[2H])cn2)cc1.[2H]C([2H])(c1ccnc(-c2[c-]ccc(C(C)(C)c3ccccc3)c2)c1)C(C)(C)C.[Ir]. The molecule has 0 saturated heterocycles. The molecule has 0 spiro atoms. The Morgan fingerprint density at radius 1 is 0.732 bits per heavy atom. The fourth-order valence-corrected chi connectivity index (χ4v) is 4.25. The molecule has 0 aliphatic carbocycles. The van der Waals surface area contributed by atoms with E-state index in [9.17, 15) is 0 Å². The van der Waals surface area contributed by atoms with Crippen molar-refractivity contribution in [2.75, 3.05) is 0 Å². The van der Waals surface area contributed by atoms with Crippen molar-refractivity contribution in [2.45, 2.75) is 60.1 Å². The monoisotopic (exact) mass is 725 g/mol. The standard InChI is InChI=1S/C25H28N.C13H12N.Ir/c1-24(2,3)18-19-14-15-26-23(16-19)20-10-9-13-22(17-20)25(4,5)21-11-7-6-8-12-21;1-10-3-6-12(7-4-10)13-8-5-11(2)9-14-13;/h6-9,11-17H,18H2,1-5H3;3-6,8-9H,1-2H3;/q2*-1;/i18D2;1D3,2D3;. The van der Waals surface area contributed by atoms with E-state index in [2.05, 4.69) is 72.3 Å². The molecular weight excluding hydrogens is 677 g/mol. The van der Waals surface area contributed by atoms with Gasteiger partial charge in [-0.25, -0.2) is 0 Å². The molecule has 1 radical (unpaired) electrons.